The van der Waals surface area contributed by atoms with Crippen LogP contribution in [0.15, 0.2) is 79.1 Å². The van der Waals surface area contributed by atoms with Gasteiger partial charge >= 0.3 is 0 Å². The summed E-state index contributed by atoms with van der Waals surface area (Å²) in [6.45, 7) is 6.50. The topological polar surface area (TPSA) is 66.9 Å². The zero-order valence-electron chi connectivity index (χ0n) is 17.3. The molecule has 0 atom stereocenters. The van der Waals surface area contributed by atoms with Crippen LogP contribution in [0.25, 0.3) is 10.9 Å². The van der Waals surface area contributed by atoms with Crippen LogP contribution >= 0.6 is 0 Å². The van der Waals surface area contributed by atoms with Gasteiger partial charge in [-0.05, 0) is 53.4 Å². The number of hydrogen-bond acceptors (Lipinski definition) is 4. The first-order valence-electron chi connectivity index (χ1n) is 9.89. The Morgan fingerprint density at radius 1 is 0.900 bits per heavy atom. The quantitative estimate of drug-likeness (QED) is 0.449. The largest absolute Gasteiger partial charge is 0.340 e. The number of fused-ring (bicyclic) bond motifs is 1. The van der Waals surface area contributed by atoms with Crippen molar-refractivity contribution >= 4 is 34.0 Å². The maximum atomic E-state index is 12.9. The van der Waals surface area contributed by atoms with Crippen molar-refractivity contribution in [1.29, 1.82) is 0 Å². The van der Waals surface area contributed by atoms with Crippen molar-refractivity contribution in [2.75, 3.05) is 10.6 Å². The Morgan fingerprint density at radius 2 is 1.67 bits per heavy atom. The van der Waals surface area contributed by atoms with E-state index in [1.54, 1.807) is 18.5 Å². The molecule has 2 aromatic heterocycles. The molecule has 2 aromatic carbocycles. The van der Waals surface area contributed by atoms with Crippen molar-refractivity contribution in [3.8, 4) is 0 Å². The molecule has 0 fully saturated rings. The molecule has 2 N–H and O–H groups in total. The van der Waals surface area contributed by atoms with E-state index >= 15 is 0 Å². The van der Waals surface area contributed by atoms with Gasteiger partial charge in [0.15, 0.2) is 0 Å². The first-order chi connectivity index (χ1) is 14.4. The highest BCUT2D eigenvalue weighted by Gasteiger charge is 2.15. The van der Waals surface area contributed by atoms with Crippen molar-refractivity contribution in [2.45, 2.75) is 26.2 Å². The Bertz CT molecular complexity index is 1190. The number of pyridine rings is 2. The van der Waals surface area contributed by atoms with E-state index in [4.69, 9.17) is 0 Å². The second-order valence-corrected chi connectivity index (χ2v) is 8.22. The van der Waals surface area contributed by atoms with Gasteiger partial charge < -0.3 is 10.6 Å². The molecular formula is C25H24N4O. The lowest BCUT2D eigenvalue weighted by atomic mass is 9.87. The third kappa shape index (κ3) is 4.30. The fraction of sp³-hybridized carbons (Fsp3) is 0.160. The maximum absolute atomic E-state index is 12.9. The third-order valence-electron chi connectivity index (χ3n) is 4.94. The summed E-state index contributed by atoms with van der Waals surface area (Å²) >= 11 is 0. The second kappa shape index (κ2) is 7.95. The average Bonchev–Trinajstić information content (AvgIpc) is 2.74. The number of nitrogens with zero attached hydrogens (tertiary/aromatic N) is 2. The highest BCUT2D eigenvalue weighted by Crippen LogP contribution is 2.25. The van der Waals surface area contributed by atoms with Crippen LogP contribution in [0.3, 0.4) is 0 Å². The molecule has 0 radical (unpaired) electrons. The molecule has 0 spiro atoms. The van der Waals surface area contributed by atoms with Crippen LogP contribution in [-0.4, -0.2) is 15.9 Å². The van der Waals surface area contributed by atoms with E-state index in [0.717, 1.165) is 16.6 Å². The van der Waals surface area contributed by atoms with Gasteiger partial charge in [-0.25, -0.2) is 4.98 Å². The first kappa shape index (κ1) is 19.6. The molecule has 150 valence electrons. The summed E-state index contributed by atoms with van der Waals surface area (Å²) in [7, 11) is 0. The van der Waals surface area contributed by atoms with E-state index < -0.39 is 0 Å². The zero-order chi connectivity index (χ0) is 21.1. The Morgan fingerprint density at radius 3 is 2.43 bits per heavy atom. The summed E-state index contributed by atoms with van der Waals surface area (Å²) in [5, 5.41) is 7.26. The molecule has 0 saturated carbocycles. The third-order valence-corrected chi connectivity index (χ3v) is 4.94. The van der Waals surface area contributed by atoms with Crippen molar-refractivity contribution in [3.63, 3.8) is 0 Å². The minimum Gasteiger partial charge on any atom is -0.340 e. The summed E-state index contributed by atoms with van der Waals surface area (Å²) in [4.78, 5) is 21.6. The van der Waals surface area contributed by atoms with E-state index in [0.29, 0.717) is 17.1 Å². The first-order valence-corrected chi connectivity index (χ1v) is 9.89. The molecule has 0 unspecified atom stereocenters. The Hall–Kier alpha value is -3.73. The number of amides is 1. The molecule has 0 bridgehead atoms. The minimum atomic E-state index is -0.177. The standard InChI is InChI=1S/C25H24N4O/c1-25(2,3)18-9-11-19(12-10-18)27-24(30)20-6-4-5-7-21(20)28-23-13-8-17-14-15-26-16-22(17)29-23/h4-16H,1-3H3,(H,27,30)(H,28,29). The highest BCUT2D eigenvalue weighted by atomic mass is 16.1. The van der Waals surface area contributed by atoms with E-state index in [2.05, 4.69) is 41.4 Å². The fourth-order valence-corrected chi connectivity index (χ4v) is 3.22. The van der Waals surface area contributed by atoms with Gasteiger partial charge in [0.2, 0.25) is 0 Å². The summed E-state index contributed by atoms with van der Waals surface area (Å²) in [5.74, 6) is 0.481. The molecule has 30 heavy (non-hydrogen) atoms. The predicted molar refractivity (Wildman–Crippen MR) is 122 cm³/mol. The molecule has 1 amide bonds. The zero-order valence-corrected chi connectivity index (χ0v) is 17.3. The molecular weight excluding hydrogens is 372 g/mol. The molecule has 0 saturated heterocycles. The van der Waals surface area contributed by atoms with Crippen LogP contribution in [0.5, 0.6) is 0 Å². The molecule has 0 aliphatic rings. The molecule has 0 aliphatic carbocycles. The summed E-state index contributed by atoms with van der Waals surface area (Å²) < 4.78 is 0. The molecule has 0 aliphatic heterocycles. The molecule has 2 heterocycles. The van der Waals surface area contributed by atoms with Crippen molar-refractivity contribution in [2.24, 2.45) is 0 Å². The summed E-state index contributed by atoms with van der Waals surface area (Å²) in [6.07, 6.45) is 3.46. The van der Waals surface area contributed by atoms with E-state index in [9.17, 15) is 4.79 Å². The van der Waals surface area contributed by atoms with Gasteiger partial charge in [-0.3, -0.25) is 9.78 Å². The van der Waals surface area contributed by atoms with Gasteiger partial charge in [0.05, 0.1) is 23.0 Å². The van der Waals surface area contributed by atoms with E-state index in [-0.39, 0.29) is 11.3 Å². The van der Waals surface area contributed by atoms with Gasteiger partial charge in [-0.2, -0.15) is 0 Å². The number of carbonyl (C=O) groups is 1. The molecule has 4 rings (SSSR count). The fourth-order valence-electron chi connectivity index (χ4n) is 3.22. The lowest BCUT2D eigenvalue weighted by Crippen LogP contribution is -2.15. The van der Waals surface area contributed by atoms with Gasteiger partial charge in [0.25, 0.3) is 5.91 Å². The number of aromatic nitrogens is 2. The van der Waals surface area contributed by atoms with Crippen LogP contribution in [0, 0.1) is 0 Å². The molecule has 5 nitrogen and oxygen atoms in total. The lowest BCUT2D eigenvalue weighted by Gasteiger charge is -2.19. The minimum absolute atomic E-state index is 0.0709. The van der Waals surface area contributed by atoms with Crippen LogP contribution < -0.4 is 10.6 Å². The summed E-state index contributed by atoms with van der Waals surface area (Å²) in [5.41, 5.74) is 4.09. The van der Waals surface area contributed by atoms with Crippen LogP contribution in [-0.2, 0) is 5.41 Å². The number of anilines is 3. The monoisotopic (exact) mass is 396 g/mol. The van der Waals surface area contributed by atoms with Crippen molar-refractivity contribution in [1.82, 2.24) is 9.97 Å². The molecule has 4 aromatic rings. The predicted octanol–water partition coefficient (Wildman–Crippen LogP) is 5.92. The number of rotatable bonds is 4. The van der Waals surface area contributed by atoms with Crippen molar-refractivity contribution in [3.05, 3.63) is 90.3 Å². The van der Waals surface area contributed by atoms with E-state index in [1.807, 2.05) is 60.7 Å². The van der Waals surface area contributed by atoms with Gasteiger partial charge in [0, 0.05) is 17.3 Å². The number of para-hydroxylation sites is 1. The van der Waals surface area contributed by atoms with Gasteiger partial charge in [0.1, 0.15) is 5.82 Å². The number of carbonyl (C=O) groups excluding carboxylic acids is 1. The van der Waals surface area contributed by atoms with E-state index in [1.165, 1.54) is 5.56 Å². The van der Waals surface area contributed by atoms with Crippen LogP contribution in [0.1, 0.15) is 36.7 Å². The smallest absolute Gasteiger partial charge is 0.257 e. The summed E-state index contributed by atoms with van der Waals surface area (Å²) in [6, 6.07) is 21.2. The second-order valence-electron chi connectivity index (χ2n) is 8.22. The Kier molecular flexibility index (Phi) is 5.19. The average molecular weight is 396 g/mol. The van der Waals surface area contributed by atoms with Gasteiger partial charge in [-0.1, -0.05) is 45.0 Å². The number of benzene rings is 2. The van der Waals surface area contributed by atoms with Gasteiger partial charge in [-0.15, -0.1) is 0 Å². The Labute approximate surface area is 176 Å². The maximum Gasteiger partial charge on any atom is 0.257 e. The normalized spacial score (nSPS) is 11.3. The van der Waals surface area contributed by atoms with Crippen LogP contribution in [0.2, 0.25) is 0 Å². The highest BCUT2D eigenvalue weighted by molar-refractivity contribution is 6.08. The number of nitrogens with one attached hydrogen (secondary N) is 2. The SMILES string of the molecule is CC(C)(C)c1ccc(NC(=O)c2ccccc2Nc2ccc3ccncc3n2)cc1. The molecule has 5 heteroatoms. The van der Waals surface area contributed by atoms with Crippen LogP contribution in [0.4, 0.5) is 17.2 Å². The Balaban J connectivity index is 1.55. The lowest BCUT2D eigenvalue weighted by molar-refractivity contribution is 0.102. The van der Waals surface area contributed by atoms with Crippen molar-refractivity contribution < 1.29 is 4.79 Å². The number of hydrogen-bond donors (Lipinski definition) is 2.